The molecule has 3 nitrogen and oxygen atoms in total. The highest BCUT2D eigenvalue weighted by Crippen LogP contribution is 2.34. The van der Waals surface area contributed by atoms with Crippen molar-refractivity contribution in [1.82, 2.24) is 0 Å². The maximum absolute atomic E-state index is 12.8. The van der Waals surface area contributed by atoms with E-state index < -0.39 is 0 Å². The fourth-order valence-corrected chi connectivity index (χ4v) is 2.14. The predicted molar refractivity (Wildman–Crippen MR) is 69.6 cm³/mol. The molecule has 2 aromatic rings. The Morgan fingerprint density at radius 1 is 1.05 bits per heavy atom. The molecule has 0 saturated carbocycles. The maximum Gasteiger partial charge on any atom is 0.231 e. The molecule has 1 atom stereocenters. The zero-order valence-electron chi connectivity index (χ0n) is 10.3. The highest BCUT2D eigenvalue weighted by molar-refractivity contribution is 5.45. The minimum absolute atomic E-state index is 0.153. The first-order valence-electron chi connectivity index (χ1n) is 6.12. The van der Waals surface area contributed by atoms with E-state index in [2.05, 4.69) is 0 Å². The van der Waals surface area contributed by atoms with Gasteiger partial charge in [0, 0.05) is 6.04 Å². The summed E-state index contributed by atoms with van der Waals surface area (Å²) in [6, 6.07) is 11.9. The van der Waals surface area contributed by atoms with Crippen LogP contribution in [0.1, 0.15) is 17.2 Å². The molecule has 1 aliphatic rings. The van der Waals surface area contributed by atoms with Crippen LogP contribution in [0.4, 0.5) is 4.39 Å². The largest absolute Gasteiger partial charge is 0.454 e. The van der Waals surface area contributed by atoms with Crippen LogP contribution in [0.5, 0.6) is 11.5 Å². The lowest BCUT2D eigenvalue weighted by molar-refractivity contribution is 0.174. The Balaban J connectivity index is 1.76. The van der Waals surface area contributed by atoms with E-state index in [0.29, 0.717) is 6.42 Å². The number of halogens is 1. The second-order valence-corrected chi connectivity index (χ2v) is 4.55. The van der Waals surface area contributed by atoms with Crippen molar-refractivity contribution >= 4 is 0 Å². The fraction of sp³-hybridized carbons (Fsp3) is 0.200. The molecular formula is C15H14FNO2. The molecule has 19 heavy (non-hydrogen) atoms. The summed E-state index contributed by atoms with van der Waals surface area (Å²) in [5.74, 6) is 1.24. The van der Waals surface area contributed by atoms with E-state index in [1.165, 1.54) is 12.1 Å². The van der Waals surface area contributed by atoms with Gasteiger partial charge >= 0.3 is 0 Å². The summed E-state index contributed by atoms with van der Waals surface area (Å²) in [6.07, 6.45) is 0.653. The van der Waals surface area contributed by atoms with E-state index in [1.54, 1.807) is 12.1 Å². The SMILES string of the molecule is NC(Cc1ccc(F)cc1)c1ccc2c(c1)OCO2. The smallest absolute Gasteiger partial charge is 0.231 e. The molecule has 4 heteroatoms. The topological polar surface area (TPSA) is 44.5 Å². The zero-order valence-corrected chi connectivity index (χ0v) is 10.3. The van der Waals surface area contributed by atoms with Gasteiger partial charge in [-0.15, -0.1) is 0 Å². The summed E-state index contributed by atoms with van der Waals surface area (Å²) in [5, 5.41) is 0. The van der Waals surface area contributed by atoms with Crippen LogP contribution in [0.15, 0.2) is 42.5 Å². The van der Waals surface area contributed by atoms with Crippen molar-refractivity contribution in [2.75, 3.05) is 6.79 Å². The van der Waals surface area contributed by atoms with Gasteiger partial charge in [-0.3, -0.25) is 0 Å². The number of benzene rings is 2. The van der Waals surface area contributed by atoms with Gasteiger partial charge in [0.15, 0.2) is 11.5 Å². The molecule has 0 spiro atoms. The van der Waals surface area contributed by atoms with Gasteiger partial charge in [-0.2, -0.15) is 0 Å². The molecule has 2 aromatic carbocycles. The lowest BCUT2D eigenvalue weighted by Gasteiger charge is -2.12. The van der Waals surface area contributed by atoms with Crippen LogP contribution in [0, 0.1) is 5.82 Å². The molecule has 0 fully saturated rings. The van der Waals surface area contributed by atoms with Crippen LogP contribution in [0.2, 0.25) is 0 Å². The van der Waals surface area contributed by atoms with Crippen LogP contribution in [-0.4, -0.2) is 6.79 Å². The predicted octanol–water partition coefficient (Wildman–Crippen LogP) is 2.80. The highest BCUT2D eigenvalue weighted by atomic mass is 19.1. The summed E-state index contributed by atoms with van der Waals surface area (Å²) < 4.78 is 23.4. The first-order chi connectivity index (χ1) is 9.22. The number of hydrogen-bond acceptors (Lipinski definition) is 3. The Morgan fingerprint density at radius 3 is 2.58 bits per heavy atom. The van der Waals surface area contributed by atoms with Crippen molar-refractivity contribution in [2.45, 2.75) is 12.5 Å². The molecule has 0 radical (unpaired) electrons. The Bertz CT molecular complexity index is 583. The minimum Gasteiger partial charge on any atom is -0.454 e. The van der Waals surface area contributed by atoms with Crippen molar-refractivity contribution in [2.24, 2.45) is 5.73 Å². The fourth-order valence-electron chi connectivity index (χ4n) is 2.14. The zero-order chi connectivity index (χ0) is 13.2. The molecule has 0 aliphatic carbocycles. The average molecular weight is 259 g/mol. The van der Waals surface area contributed by atoms with Crippen LogP contribution in [0.25, 0.3) is 0 Å². The van der Waals surface area contributed by atoms with E-state index in [4.69, 9.17) is 15.2 Å². The molecular weight excluding hydrogens is 245 g/mol. The Morgan fingerprint density at radius 2 is 1.79 bits per heavy atom. The van der Waals surface area contributed by atoms with Crippen molar-refractivity contribution in [3.8, 4) is 11.5 Å². The van der Waals surface area contributed by atoms with E-state index in [9.17, 15) is 4.39 Å². The van der Waals surface area contributed by atoms with Gasteiger partial charge in [-0.05, 0) is 41.8 Å². The Kier molecular flexibility index (Phi) is 3.09. The number of fused-ring (bicyclic) bond motifs is 1. The third-order valence-electron chi connectivity index (χ3n) is 3.19. The van der Waals surface area contributed by atoms with E-state index in [1.807, 2.05) is 18.2 Å². The van der Waals surface area contributed by atoms with Gasteiger partial charge in [0.25, 0.3) is 0 Å². The molecule has 2 N–H and O–H groups in total. The number of hydrogen-bond donors (Lipinski definition) is 1. The summed E-state index contributed by atoms with van der Waals surface area (Å²) in [5.41, 5.74) is 8.16. The second kappa shape index (κ2) is 4.90. The quantitative estimate of drug-likeness (QED) is 0.921. The summed E-state index contributed by atoms with van der Waals surface area (Å²) >= 11 is 0. The van der Waals surface area contributed by atoms with Crippen molar-refractivity contribution in [3.63, 3.8) is 0 Å². The summed E-state index contributed by atoms with van der Waals surface area (Å²) in [6.45, 7) is 0.256. The van der Waals surface area contributed by atoms with E-state index in [-0.39, 0.29) is 18.7 Å². The Hall–Kier alpha value is -2.07. The second-order valence-electron chi connectivity index (χ2n) is 4.55. The first kappa shape index (κ1) is 12.0. The number of nitrogens with two attached hydrogens (primary N) is 1. The molecule has 3 rings (SSSR count). The van der Waals surface area contributed by atoms with Crippen molar-refractivity contribution in [1.29, 1.82) is 0 Å². The molecule has 0 bridgehead atoms. The third-order valence-corrected chi connectivity index (χ3v) is 3.19. The van der Waals surface area contributed by atoms with Crippen molar-refractivity contribution < 1.29 is 13.9 Å². The van der Waals surface area contributed by atoms with Gasteiger partial charge in [-0.25, -0.2) is 4.39 Å². The van der Waals surface area contributed by atoms with Gasteiger partial charge in [0.2, 0.25) is 6.79 Å². The van der Waals surface area contributed by atoms with Crippen LogP contribution >= 0.6 is 0 Å². The van der Waals surface area contributed by atoms with Crippen LogP contribution in [0.3, 0.4) is 0 Å². The number of rotatable bonds is 3. The lowest BCUT2D eigenvalue weighted by Crippen LogP contribution is -2.13. The van der Waals surface area contributed by atoms with Gasteiger partial charge in [-0.1, -0.05) is 18.2 Å². The van der Waals surface area contributed by atoms with Gasteiger partial charge in [0.05, 0.1) is 0 Å². The molecule has 0 saturated heterocycles. The Labute approximate surface area is 110 Å². The molecule has 0 aromatic heterocycles. The first-order valence-corrected chi connectivity index (χ1v) is 6.12. The standard InChI is InChI=1S/C15H14FNO2/c16-12-4-1-10(2-5-12)7-13(17)11-3-6-14-15(8-11)19-9-18-14/h1-6,8,13H,7,9,17H2. The maximum atomic E-state index is 12.8. The molecule has 0 amide bonds. The molecule has 1 unspecified atom stereocenters. The van der Waals surface area contributed by atoms with Gasteiger partial charge < -0.3 is 15.2 Å². The third kappa shape index (κ3) is 2.53. The van der Waals surface area contributed by atoms with Gasteiger partial charge in [0.1, 0.15) is 5.82 Å². The van der Waals surface area contributed by atoms with E-state index >= 15 is 0 Å². The van der Waals surface area contributed by atoms with Crippen molar-refractivity contribution in [3.05, 3.63) is 59.4 Å². The lowest BCUT2D eigenvalue weighted by atomic mass is 9.99. The summed E-state index contributed by atoms with van der Waals surface area (Å²) in [7, 11) is 0. The monoisotopic (exact) mass is 259 g/mol. The average Bonchev–Trinajstić information content (AvgIpc) is 2.88. The van der Waals surface area contributed by atoms with Crippen LogP contribution in [-0.2, 0) is 6.42 Å². The molecule has 1 aliphatic heterocycles. The highest BCUT2D eigenvalue weighted by Gasteiger charge is 2.16. The van der Waals surface area contributed by atoms with E-state index in [0.717, 1.165) is 22.6 Å². The molecule has 98 valence electrons. The minimum atomic E-state index is -0.236. The summed E-state index contributed by atoms with van der Waals surface area (Å²) in [4.78, 5) is 0. The van der Waals surface area contributed by atoms with Crippen LogP contribution < -0.4 is 15.2 Å². The molecule has 1 heterocycles. The number of ether oxygens (including phenoxy) is 2. The normalized spacial score (nSPS) is 14.4.